The Kier molecular flexibility index (Phi) is 1.19. The highest BCUT2D eigenvalue weighted by atomic mass is 15.4. The summed E-state index contributed by atoms with van der Waals surface area (Å²) in [6.07, 6.45) is 1.93. The maximum Gasteiger partial charge on any atom is 0.199 e. The van der Waals surface area contributed by atoms with Gasteiger partial charge in [-0.3, -0.25) is 4.40 Å². The largest absolute Gasteiger partial charge is 0.336 e. The minimum Gasteiger partial charge on any atom is -0.336 e. The van der Waals surface area contributed by atoms with Gasteiger partial charge in [0.15, 0.2) is 11.3 Å². The summed E-state index contributed by atoms with van der Waals surface area (Å²) in [6.45, 7) is 1.86. The highest BCUT2D eigenvalue weighted by Gasteiger charge is 2.10. The molecule has 14 heavy (non-hydrogen) atoms. The van der Waals surface area contributed by atoms with E-state index in [-0.39, 0.29) is 0 Å². The fourth-order valence-electron chi connectivity index (χ4n) is 1.60. The average molecular weight is 187 g/mol. The van der Waals surface area contributed by atoms with Crippen molar-refractivity contribution < 1.29 is 0 Å². The van der Waals surface area contributed by atoms with Crippen molar-refractivity contribution in [1.29, 1.82) is 0 Å². The summed E-state index contributed by atoms with van der Waals surface area (Å²) in [5, 5.41) is 0. The number of hydrogen-bond donors (Lipinski definition) is 1. The van der Waals surface area contributed by atoms with Gasteiger partial charge < -0.3 is 5.84 Å². The molecule has 5 nitrogen and oxygen atoms in total. The van der Waals surface area contributed by atoms with Gasteiger partial charge in [0.2, 0.25) is 0 Å². The monoisotopic (exact) mass is 187 g/mol. The Morgan fingerprint density at radius 3 is 2.93 bits per heavy atom. The van der Waals surface area contributed by atoms with Crippen LogP contribution in [0.25, 0.3) is 16.9 Å². The van der Waals surface area contributed by atoms with Crippen LogP contribution in [-0.4, -0.2) is 19.0 Å². The molecule has 0 aliphatic carbocycles. The van der Waals surface area contributed by atoms with Gasteiger partial charge >= 0.3 is 0 Å². The number of nitrogens with zero attached hydrogens (tertiary/aromatic N) is 4. The molecule has 0 unspecified atom stereocenters. The van der Waals surface area contributed by atoms with E-state index in [0.29, 0.717) is 5.65 Å². The van der Waals surface area contributed by atoms with Crippen molar-refractivity contribution in [1.82, 2.24) is 19.0 Å². The zero-order valence-corrected chi connectivity index (χ0v) is 7.68. The van der Waals surface area contributed by atoms with Crippen molar-refractivity contribution in [2.75, 3.05) is 5.84 Å². The van der Waals surface area contributed by atoms with Crippen LogP contribution in [0.3, 0.4) is 0 Å². The Morgan fingerprint density at radius 1 is 1.21 bits per heavy atom. The molecule has 3 aromatic heterocycles. The van der Waals surface area contributed by atoms with E-state index < -0.39 is 0 Å². The molecule has 0 fully saturated rings. The minimum atomic E-state index is 0.716. The molecule has 3 heterocycles. The number of hydrogen-bond acceptors (Lipinski definition) is 3. The lowest BCUT2D eigenvalue weighted by Crippen LogP contribution is -2.09. The summed E-state index contributed by atoms with van der Waals surface area (Å²) in [6, 6.07) is 5.81. The zero-order valence-electron chi connectivity index (χ0n) is 7.68. The summed E-state index contributed by atoms with van der Waals surface area (Å²) < 4.78 is 3.42. The highest BCUT2D eigenvalue weighted by Crippen LogP contribution is 2.14. The van der Waals surface area contributed by atoms with Crippen molar-refractivity contribution in [3.05, 3.63) is 30.2 Å². The molecule has 3 aromatic rings. The number of nitrogen functional groups attached to an aromatic ring is 1. The van der Waals surface area contributed by atoms with E-state index in [1.165, 1.54) is 4.68 Å². The van der Waals surface area contributed by atoms with Crippen LogP contribution < -0.4 is 5.84 Å². The minimum absolute atomic E-state index is 0.716. The first kappa shape index (κ1) is 7.37. The van der Waals surface area contributed by atoms with E-state index in [1.807, 2.05) is 35.7 Å². The lowest BCUT2D eigenvalue weighted by atomic mass is 10.5. The third kappa shape index (κ3) is 0.736. The Labute approximate surface area is 79.8 Å². The summed E-state index contributed by atoms with van der Waals surface area (Å²) in [5.41, 5.74) is 2.39. The van der Waals surface area contributed by atoms with Crippen molar-refractivity contribution in [2.24, 2.45) is 0 Å². The number of aromatic nitrogens is 4. The molecular formula is C9H9N5. The quantitative estimate of drug-likeness (QED) is 0.527. The predicted octanol–water partition coefficient (Wildman–Crippen LogP) is 0.706. The molecule has 0 bridgehead atoms. The molecule has 0 atom stereocenters. The van der Waals surface area contributed by atoms with Gasteiger partial charge in [-0.15, -0.1) is 0 Å². The lowest BCUT2D eigenvalue weighted by Gasteiger charge is -1.92. The van der Waals surface area contributed by atoms with Crippen LogP contribution in [0.4, 0.5) is 0 Å². The van der Waals surface area contributed by atoms with E-state index in [1.54, 1.807) is 0 Å². The molecule has 0 saturated carbocycles. The van der Waals surface area contributed by atoms with Crippen LogP contribution in [0.5, 0.6) is 0 Å². The Bertz CT molecular complexity index is 618. The normalized spacial score (nSPS) is 11.5. The highest BCUT2D eigenvalue weighted by molar-refractivity contribution is 5.74. The molecule has 0 aliphatic heterocycles. The van der Waals surface area contributed by atoms with Crippen LogP contribution in [0.15, 0.2) is 24.4 Å². The number of rotatable bonds is 0. The van der Waals surface area contributed by atoms with Gasteiger partial charge in [-0.2, -0.15) is 0 Å². The Hall–Kier alpha value is -2.04. The number of fused-ring (bicyclic) bond motifs is 3. The maximum absolute atomic E-state index is 5.78. The van der Waals surface area contributed by atoms with E-state index in [0.717, 1.165) is 17.1 Å². The summed E-state index contributed by atoms with van der Waals surface area (Å²) in [5.74, 6) is 6.55. The van der Waals surface area contributed by atoms with Gasteiger partial charge in [0.1, 0.15) is 11.5 Å². The third-order valence-corrected chi connectivity index (χ3v) is 2.33. The lowest BCUT2D eigenvalue weighted by molar-refractivity contribution is 0.939. The van der Waals surface area contributed by atoms with Crippen LogP contribution in [0.2, 0.25) is 0 Å². The average Bonchev–Trinajstić information content (AvgIpc) is 2.67. The van der Waals surface area contributed by atoms with Gasteiger partial charge in [-0.05, 0) is 19.1 Å². The first-order chi connectivity index (χ1) is 6.77. The SMILES string of the molecule is Cc1nc2c(nc3ccccn32)n1N. The van der Waals surface area contributed by atoms with Gasteiger partial charge in [0.25, 0.3) is 0 Å². The first-order valence-electron chi connectivity index (χ1n) is 4.34. The van der Waals surface area contributed by atoms with E-state index in [2.05, 4.69) is 9.97 Å². The number of nitrogens with two attached hydrogens (primary N) is 1. The van der Waals surface area contributed by atoms with Gasteiger partial charge in [-0.25, -0.2) is 14.6 Å². The first-order valence-corrected chi connectivity index (χ1v) is 4.34. The van der Waals surface area contributed by atoms with Crippen molar-refractivity contribution in [3.8, 4) is 0 Å². The van der Waals surface area contributed by atoms with Crippen molar-refractivity contribution in [3.63, 3.8) is 0 Å². The maximum atomic E-state index is 5.78. The molecule has 2 N–H and O–H groups in total. The molecule has 0 saturated heterocycles. The van der Waals surface area contributed by atoms with E-state index in [9.17, 15) is 0 Å². The second kappa shape index (κ2) is 2.25. The molecule has 70 valence electrons. The topological polar surface area (TPSA) is 61.1 Å². The van der Waals surface area contributed by atoms with Gasteiger partial charge in [0, 0.05) is 6.20 Å². The second-order valence-corrected chi connectivity index (χ2v) is 3.22. The van der Waals surface area contributed by atoms with E-state index >= 15 is 0 Å². The summed E-state index contributed by atoms with van der Waals surface area (Å²) >= 11 is 0. The molecule has 3 rings (SSSR count). The van der Waals surface area contributed by atoms with Crippen LogP contribution in [0.1, 0.15) is 5.82 Å². The number of aryl methyl sites for hydroxylation is 1. The third-order valence-electron chi connectivity index (χ3n) is 2.33. The smallest absolute Gasteiger partial charge is 0.199 e. The van der Waals surface area contributed by atoms with Gasteiger partial charge in [0.05, 0.1) is 0 Å². The number of pyridine rings is 1. The van der Waals surface area contributed by atoms with Gasteiger partial charge in [-0.1, -0.05) is 6.07 Å². The summed E-state index contributed by atoms with van der Waals surface area (Å²) in [7, 11) is 0. The molecule has 0 radical (unpaired) electrons. The number of imidazole rings is 2. The van der Waals surface area contributed by atoms with Crippen LogP contribution >= 0.6 is 0 Å². The van der Waals surface area contributed by atoms with Crippen molar-refractivity contribution >= 4 is 16.9 Å². The predicted molar refractivity (Wildman–Crippen MR) is 53.4 cm³/mol. The molecule has 0 aliphatic rings. The van der Waals surface area contributed by atoms with Crippen LogP contribution in [0, 0.1) is 6.92 Å². The van der Waals surface area contributed by atoms with Crippen molar-refractivity contribution in [2.45, 2.75) is 6.92 Å². The van der Waals surface area contributed by atoms with Crippen LogP contribution in [-0.2, 0) is 0 Å². The molecular weight excluding hydrogens is 178 g/mol. The zero-order chi connectivity index (χ0) is 9.71. The second-order valence-electron chi connectivity index (χ2n) is 3.22. The molecule has 0 amide bonds. The molecule has 0 spiro atoms. The Balaban J connectivity index is 2.60. The molecule has 5 heteroatoms. The standard InChI is InChI=1S/C9H9N5/c1-6-11-8-9(14(6)10)12-7-4-2-3-5-13(7)8/h2-5H,10H2,1H3. The Morgan fingerprint density at radius 2 is 2.07 bits per heavy atom. The fraction of sp³-hybridized carbons (Fsp3) is 0.111. The fourth-order valence-corrected chi connectivity index (χ4v) is 1.60. The summed E-state index contributed by atoms with van der Waals surface area (Å²) in [4.78, 5) is 8.71. The molecule has 0 aromatic carbocycles. The van der Waals surface area contributed by atoms with E-state index in [4.69, 9.17) is 5.84 Å².